The number of aryl methyl sites for hydroxylation is 1. The Bertz CT molecular complexity index is 1620. The summed E-state index contributed by atoms with van der Waals surface area (Å²) in [6.07, 6.45) is 2.14. The number of hydrogen-bond acceptors (Lipinski definition) is 4. The van der Waals surface area contributed by atoms with Crippen LogP contribution in [0.1, 0.15) is 35.2 Å². The third-order valence-electron chi connectivity index (χ3n) is 7.88. The maximum Gasteiger partial charge on any atom is 0.314 e. The van der Waals surface area contributed by atoms with Gasteiger partial charge in [-0.25, -0.2) is 0 Å². The maximum absolute atomic E-state index is 11.6. The first-order chi connectivity index (χ1) is 18.9. The summed E-state index contributed by atoms with van der Waals surface area (Å²) in [6, 6.07) is 35.1. The van der Waals surface area contributed by atoms with E-state index in [1.807, 2.05) is 49.4 Å². The molecule has 0 radical (unpaired) electrons. The highest BCUT2D eigenvalue weighted by Crippen LogP contribution is 2.48. The van der Waals surface area contributed by atoms with Crippen LogP contribution in [0.3, 0.4) is 0 Å². The van der Waals surface area contributed by atoms with Crippen molar-refractivity contribution in [3.05, 3.63) is 126 Å². The minimum absolute atomic E-state index is 0.681. The van der Waals surface area contributed by atoms with Gasteiger partial charge in [0.05, 0.1) is 11.1 Å². The zero-order valence-corrected chi connectivity index (χ0v) is 22.1. The van der Waals surface area contributed by atoms with Crippen LogP contribution in [0.2, 0.25) is 0 Å². The van der Waals surface area contributed by atoms with Crippen LogP contribution in [0.5, 0.6) is 0 Å². The standard InChI is InChI=1S/C34H30N2O3/c1-23-31(22-24-7-6-10-30(21-24)36(2)29-8-4-3-5-9-29)32(39-35-23)27-13-11-25(12-14-27)26-15-17-28(18-16-26)34(19-20-34)33(37)38/h3-18,21H,19-20,22H2,1-2H3,(H,37,38). The molecule has 5 heteroatoms. The fourth-order valence-corrected chi connectivity index (χ4v) is 5.25. The Morgan fingerprint density at radius 3 is 2.10 bits per heavy atom. The molecule has 1 aliphatic rings. The average Bonchev–Trinajstić information content (AvgIpc) is 3.73. The first kappa shape index (κ1) is 24.7. The monoisotopic (exact) mass is 514 g/mol. The van der Waals surface area contributed by atoms with E-state index in [2.05, 4.69) is 77.8 Å². The van der Waals surface area contributed by atoms with Crippen LogP contribution in [0.25, 0.3) is 22.5 Å². The second-order valence-corrected chi connectivity index (χ2v) is 10.4. The lowest BCUT2D eigenvalue weighted by Crippen LogP contribution is -2.19. The summed E-state index contributed by atoms with van der Waals surface area (Å²) >= 11 is 0. The number of hydrogen-bond donors (Lipinski definition) is 1. The second kappa shape index (κ2) is 9.91. The highest BCUT2D eigenvalue weighted by molar-refractivity contribution is 5.85. The van der Waals surface area contributed by atoms with Crippen molar-refractivity contribution in [3.63, 3.8) is 0 Å². The first-order valence-electron chi connectivity index (χ1n) is 13.2. The molecule has 1 N–H and O–H groups in total. The van der Waals surface area contributed by atoms with Gasteiger partial charge in [-0.2, -0.15) is 0 Å². The lowest BCUT2D eigenvalue weighted by atomic mass is 9.93. The van der Waals surface area contributed by atoms with Gasteiger partial charge in [0, 0.05) is 36.0 Å². The van der Waals surface area contributed by atoms with Gasteiger partial charge in [-0.15, -0.1) is 0 Å². The largest absolute Gasteiger partial charge is 0.481 e. The summed E-state index contributed by atoms with van der Waals surface area (Å²) in [5, 5.41) is 13.9. The SMILES string of the molecule is Cc1noc(-c2ccc(-c3ccc(C4(C(=O)O)CC4)cc3)cc2)c1Cc1cccc(N(C)c2ccccc2)c1. The molecule has 1 aromatic heterocycles. The summed E-state index contributed by atoms with van der Waals surface area (Å²) in [5.41, 5.74) is 8.73. The minimum atomic E-state index is -0.729. The molecule has 0 aliphatic heterocycles. The molecule has 1 fully saturated rings. The molecule has 0 unspecified atom stereocenters. The fourth-order valence-electron chi connectivity index (χ4n) is 5.25. The quantitative estimate of drug-likeness (QED) is 0.229. The Morgan fingerprint density at radius 2 is 1.46 bits per heavy atom. The van der Waals surface area contributed by atoms with Gasteiger partial charge in [0.2, 0.25) is 0 Å². The van der Waals surface area contributed by atoms with Crippen LogP contribution < -0.4 is 4.90 Å². The van der Waals surface area contributed by atoms with E-state index in [4.69, 9.17) is 4.52 Å². The average molecular weight is 515 g/mol. The Kier molecular flexibility index (Phi) is 6.27. The third-order valence-corrected chi connectivity index (χ3v) is 7.88. The topological polar surface area (TPSA) is 66.6 Å². The fraction of sp³-hybridized carbons (Fsp3) is 0.176. The zero-order valence-electron chi connectivity index (χ0n) is 22.1. The van der Waals surface area contributed by atoms with E-state index >= 15 is 0 Å². The molecule has 39 heavy (non-hydrogen) atoms. The molecule has 6 rings (SSSR count). The molecule has 1 aliphatic carbocycles. The summed E-state index contributed by atoms with van der Waals surface area (Å²) in [5.74, 6) is 0.0565. The molecule has 0 bridgehead atoms. The smallest absolute Gasteiger partial charge is 0.314 e. The van der Waals surface area contributed by atoms with Crippen LogP contribution in [0.15, 0.2) is 108 Å². The molecule has 194 valence electrons. The van der Waals surface area contributed by atoms with E-state index in [9.17, 15) is 9.90 Å². The van der Waals surface area contributed by atoms with E-state index in [1.54, 1.807) is 0 Å². The van der Waals surface area contributed by atoms with Crippen molar-refractivity contribution in [1.82, 2.24) is 5.16 Å². The van der Waals surface area contributed by atoms with Gasteiger partial charge in [0.25, 0.3) is 0 Å². The number of anilines is 2. The van der Waals surface area contributed by atoms with E-state index < -0.39 is 11.4 Å². The summed E-state index contributed by atoms with van der Waals surface area (Å²) in [4.78, 5) is 13.8. The third kappa shape index (κ3) is 4.72. The molecule has 1 heterocycles. The van der Waals surface area contributed by atoms with Crippen molar-refractivity contribution in [1.29, 1.82) is 0 Å². The van der Waals surface area contributed by atoms with Crippen molar-refractivity contribution in [3.8, 4) is 22.5 Å². The predicted molar refractivity (Wildman–Crippen MR) is 154 cm³/mol. The van der Waals surface area contributed by atoms with Crippen molar-refractivity contribution in [2.24, 2.45) is 0 Å². The minimum Gasteiger partial charge on any atom is -0.481 e. The molecular weight excluding hydrogens is 484 g/mol. The van der Waals surface area contributed by atoms with Gasteiger partial charge in [0.15, 0.2) is 5.76 Å². The van der Waals surface area contributed by atoms with Crippen LogP contribution in [-0.2, 0) is 16.6 Å². The van der Waals surface area contributed by atoms with Gasteiger partial charge in [-0.1, -0.05) is 84.0 Å². The summed E-state index contributed by atoms with van der Waals surface area (Å²) in [6.45, 7) is 1.99. The Balaban J connectivity index is 1.22. The van der Waals surface area contributed by atoms with Crippen LogP contribution in [-0.4, -0.2) is 23.3 Å². The first-order valence-corrected chi connectivity index (χ1v) is 13.2. The number of benzene rings is 4. The predicted octanol–water partition coefficient (Wildman–Crippen LogP) is 7.79. The van der Waals surface area contributed by atoms with E-state index in [1.165, 1.54) is 5.56 Å². The molecule has 0 saturated heterocycles. The number of aromatic nitrogens is 1. The van der Waals surface area contributed by atoms with Gasteiger partial charge in [-0.3, -0.25) is 4.79 Å². The van der Waals surface area contributed by atoms with Gasteiger partial charge in [-0.05, 0) is 66.3 Å². The number of carbonyl (C=O) groups is 1. The van der Waals surface area contributed by atoms with Crippen molar-refractivity contribution in [2.45, 2.75) is 31.6 Å². The molecule has 5 nitrogen and oxygen atoms in total. The Hall–Kier alpha value is -4.64. The molecule has 0 amide bonds. The number of rotatable bonds is 8. The summed E-state index contributed by atoms with van der Waals surface area (Å²) in [7, 11) is 2.08. The van der Waals surface area contributed by atoms with Crippen molar-refractivity contribution < 1.29 is 14.4 Å². The van der Waals surface area contributed by atoms with E-state index in [0.717, 1.165) is 57.1 Å². The lowest BCUT2D eigenvalue weighted by Gasteiger charge is -2.20. The summed E-state index contributed by atoms with van der Waals surface area (Å²) < 4.78 is 5.81. The second-order valence-electron chi connectivity index (χ2n) is 10.4. The molecule has 5 aromatic rings. The Labute approximate surface area is 228 Å². The van der Waals surface area contributed by atoms with Crippen molar-refractivity contribution >= 4 is 17.3 Å². The molecule has 0 atom stereocenters. The highest BCUT2D eigenvalue weighted by atomic mass is 16.5. The number of carboxylic acids is 1. The maximum atomic E-state index is 11.6. The number of carboxylic acid groups (broad SMARTS) is 1. The van der Waals surface area contributed by atoms with Crippen LogP contribution in [0.4, 0.5) is 11.4 Å². The van der Waals surface area contributed by atoms with Crippen LogP contribution in [0, 0.1) is 6.92 Å². The lowest BCUT2D eigenvalue weighted by molar-refractivity contribution is -0.140. The van der Waals surface area contributed by atoms with Crippen LogP contribution >= 0.6 is 0 Å². The van der Waals surface area contributed by atoms with E-state index in [-0.39, 0.29) is 0 Å². The molecule has 4 aromatic carbocycles. The number of para-hydroxylation sites is 1. The van der Waals surface area contributed by atoms with Gasteiger partial charge >= 0.3 is 5.97 Å². The molecular formula is C34H30N2O3. The normalized spacial score (nSPS) is 13.7. The number of nitrogens with zero attached hydrogens (tertiary/aromatic N) is 2. The Morgan fingerprint density at radius 1 is 0.846 bits per heavy atom. The number of aliphatic carboxylic acids is 1. The molecule has 1 saturated carbocycles. The molecule has 0 spiro atoms. The van der Waals surface area contributed by atoms with E-state index in [0.29, 0.717) is 12.8 Å². The zero-order chi connectivity index (χ0) is 27.0. The van der Waals surface area contributed by atoms with Crippen molar-refractivity contribution in [2.75, 3.05) is 11.9 Å². The van der Waals surface area contributed by atoms with Gasteiger partial charge < -0.3 is 14.5 Å². The highest BCUT2D eigenvalue weighted by Gasteiger charge is 2.51. The van der Waals surface area contributed by atoms with Gasteiger partial charge in [0.1, 0.15) is 0 Å².